The monoisotopic (exact) mass is 356 g/mol. The van der Waals surface area contributed by atoms with Gasteiger partial charge in [0.1, 0.15) is 12.4 Å². The Morgan fingerprint density at radius 1 is 1.36 bits per heavy atom. The molecule has 0 saturated heterocycles. The van der Waals surface area contributed by atoms with Crippen LogP contribution in [0.3, 0.4) is 0 Å². The molecule has 2 aromatic rings. The van der Waals surface area contributed by atoms with Crippen LogP contribution >= 0.6 is 11.8 Å². The Balaban J connectivity index is 1.48. The van der Waals surface area contributed by atoms with Crippen LogP contribution in [0.1, 0.15) is 25.8 Å². The van der Waals surface area contributed by atoms with Crippen LogP contribution < -0.4 is 10.2 Å². The average molecular weight is 356 g/mol. The van der Waals surface area contributed by atoms with Crippen LogP contribution in [-0.2, 0) is 9.59 Å². The van der Waals surface area contributed by atoms with Crippen LogP contribution in [0.4, 0.5) is 11.5 Å². The number of aromatic nitrogens is 2. The van der Waals surface area contributed by atoms with E-state index in [1.54, 1.807) is 17.2 Å². The largest absolute Gasteiger partial charge is 0.309 e. The van der Waals surface area contributed by atoms with E-state index >= 15 is 0 Å². The van der Waals surface area contributed by atoms with Gasteiger partial charge in [-0.2, -0.15) is 5.10 Å². The first-order valence-electron chi connectivity index (χ1n) is 8.49. The molecule has 25 heavy (non-hydrogen) atoms. The quantitative estimate of drug-likeness (QED) is 0.894. The molecule has 1 aliphatic heterocycles. The van der Waals surface area contributed by atoms with Gasteiger partial charge in [-0.3, -0.25) is 9.59 Å². The Morgan fingerprint density at radius 2 is 2.16 bits per heavy atom. The van der Waals surface area contributed by atoms with Crippen LogP contribution in [0.15, 0.2) is 41.4 Å². The number of nitrogens with zero attached hydrogens (tertiary/aromatic N) is 3. The summed E-state index contributed by atoms with van der Waals surface area (Å²) >= 11 is 1.51. The number of rotatable bonds is 5. The number of hydrogen-bond donors (Lipinski definition) is 1. The topological polar surface area (TPSA) is 67.2 Å². The number of nitrogens with one attached hydrogen (secondary N) is 1. The predicted octanol–water partition coefficient (Wildman–Crippen LogP) is 2.93. The highest BCUT2D eigenvalue weighted by atomic mass is 32.2. The molecule has 6 nitrogen and oxygen atoms in total. The molecule has 1 N–H and O–H groups in total. The van der Waals surface area contributed by atoms with Crippen molar-refractivity contribution in [1.29, 1.82) is 0 Å². The van der Waals surface area contributed by atoms with Gasteiger partial charge < -0.3 is 10.2 Å². The maximum Gasteiger partial charge on any atom is 0.245 e. The van der Waals surface area contributed by atoms with Crippen LogP contribution in [0, 0.1) is 5.92 Å². The van der Waals surface area contributed by atoms with Gasteiger partial charge in [0.25, 0.3) is 0 Å². The Morgan fingerprint density at radius 3 is 2.96 bits per heavy atom. The smallest absolute Gasteiger partial charge is 0.245 e. The lowest BCUT2D eigenvalue weighted by Crippen LogP contribution is -2.41. The van der Waals surface area contributed by atoms with Gasteiger partial charge in [-0.15, -0.1) is 11.8 Å². The van der Waals surface area contributed by atoms with Crippen molar-refractivity contribution in [1.82, 2.24) is 9.78 Å². The van der Waals surface area contributed by atoms with Gasteiger partial charge in [-0.05, 0) is 37.8 Å². The Kier molecular flexibility index (Phi) is 4.25. The summed E-state index contributed by atoms with van der Waals surface area (Å²) in [6.45, 7) is 2.14. The lowest BCUT2D eigenvalue weighted by atomic mass is 10.2. The average Bonchev–Trinajstić information content (AvgIpc) is 3.37. The number of fused-ring (bicyclic) bond motifs is 1. The normalized spacial score (nSPS) is 18.0. The van der Waals surface area contributed by atoms with Crippen molar-refractivity contribution in [2.75, 3.05) is 22.5 Å². The molecule has 1 aromatic carbocycles. The number of anilines is 2. The standard InChI is InChI=1S/C18H20N4O2S/c1-12(13-6-7-13)22-16(8-9-19-22)20-17(23)10-21-14-4-2-3-5-15(14)25-11-18(21)24/h2-5,8-9,12-13H,6-7,10-11H2,1H3,(H,20,23). The van der Waals surface area contributed by atoms with E-state index in [-0.39, 0.29) is 24.4 Å². The van der Waals surface area contributed by atoms with E-state index < -0.39 is 0 Å². The van der Waals surface area contributed by atoms with Crippen LogP contribution in [0.2, 0.25) is 0 Å². The zero-order valence-electron chi connectivity index (χ0n) is 14.0. The van der Waals surface area contributed by atoms with E-state index in [0.29, 0.717) is 17.5 Å². The minimum absolute atomic E-state index is 0.0133. The molecule has 0 spiro atoms. The molecule has 2 aliphatic rings. The Hall–Kier alpha value is -2.28. The van der Waals surface area contributed by atoms with E-state index in [9.17, 15) is 9.59 Å². The molecule has 1 fully saturated rings. The first-order chi connectivity index (χ1) is 12.1. The summed E-state index contributed by atoms with van der Waals surface area (Å²) in [6.07, 6.45) is 4.13. The second kappa shape index (κ2) is 6.55. The van der Waals surface area contributed by atoms with Gasteiger partial charge in [-0.1, -0.05) is 12.1 Å². The summed E-state index contributed by atoms with van der Waals surface area (Å²) in [5.74, 6) is 1.44. The van der Waals surface area contributed by atoms with Crippen LogP contribution in [-0.4, -0.2) is 33.9 Å². The minimum Gasteiger partial charge on any atom is -0.309 e. The zero-order valence-corrected chi connectivity index (χ0v) is 14.8. The summed E-state index contributed by atoms with van der Waals surface area (Å²) < 4.78 is 1.87. The highest BCUT2D eigenvalue weighted by Crippen LogP contribution is 2.40. The highest BCUT2D eigenvalue weighted by Gasteiger charge is 2.31. The van der Waals surface area contributed by atoms with E-state index in [2.05, 4.69) is 17.3 Å². The lowest BCUT2D eigenvalue weighted by Gasteiger charge is -2.28. The van der Waals surface area contributed by atoms with Gasteiger partial charge >= 0.3 is 0 Å². The molecule has 4 rings (SSSR count). The third kappa shape index (κ3) is 3.28. The number of benzene rings is 1. The summed E-state index contributed by atoms with van der Waals surface area (Å²) in [4.78, 5) is 27.4. The van der Waals surface area contributed by atoms with Gasteiger partial charge in [0.05, 0.1) is 23.7 Å². The molecule has 1 atom stereocenters. The van der Waals surface area contributed by atoms with Gasteiger partial charge in [0.2, 0.25) is 11.8 Å². The minimum atomic E-state index is -0.209. The molecular formula is C18H20N4O2S. The number of thioether (sulfide) groups is 1. The van der Waals surface area contributed by atoms with Crippen molar-refractivity contribution in [2.24, 2.45) is 5.92 Å². The van der Waals surface area contributed by atoms with Gasteiger partial charge in [0, 0.05) is 11.0 Å². The first-order valence-corrected chi connectivity index (χ1v) is 9.47. The number of carbonyl (C=O) groups is 2. The maximum absolute atomic E-state index is 12.5. The van der Waals surface area contributed by atoms with Crippen molar-refractivity contribution < 1.29 is 9.59 Å². The molecule has 0 radical (unpaired) electrons. The zero-order chi connectivity index (χ0) is 17.4. The number of carbonyl (C=O) groups excluding carboxylic acids is 2. The maximum atomic E-state index is 12.5. The Labute approximate surface area is 150 Å². The van der Waals surface area contributed by atoms with Gasteiger partial charge in [0.15, 0.2) is 0 Å². The molecule has 1 aromatic heterocycles. The van der Waals surface area contributed by atoms with Crippen molar-refractivity contribution in [3.8, 4) is 0 Å². The molecule has 130 valence electrons. The number of hydrogen-bond acceptors (Lipinski definition) is 4. The molecule has 1 saturated carbocycles. The van der Waals surface area contributed by atoms with E-state index in [1.165, 1.54) is 24.6 Å². The van der Waals surface area contributed by atoms with E-state index in [4.69, 9.17) is 0 Å². The molecule has 2 heterocycles. The highest BCUT2D eigenvalue weighted by molar-refractivity contribution is 8.00. The van der Waals surface area contributed by atoms with Gasteiger partial charge in [-0.25, -0.2) is 4.68 Å². The molecular weight excluding hydrogens is 336 g/mol. The molecule has 1 aliphatic carbocycles. The number of para-hydroxylation sites is 1. The van der Waals surface area contributed by atoms with E-state index in [0.717, 1.165) is 10.6 Å². The second-order valence-electron chi connectivity index (χ2n) is 6.52. The molecule has 1 unspecified atom stereocenters. The predicted molar refractivity (Wildman–Crippen MR) is 97.8 cm³/mol. The van der Waals surface area contributed by atoms with Crippen LogP contribution in [0.5, 0.6) is 0 Å². The fourth-order valence-electron chi connectivity index (χ4n) is 3.17. The SMILES string of the molecule is CC(C1CC1)n1nccc1NC(=O)CN1C(=O)CSc2ccccc21. The third-order valence-corrected chi connectivity index (χ3v) is 5.79. The van der Waals surface area contributed by atoms with Crippen molar-refractivity contribution in [3.63, 3.8) is 0 Å². The van der Waals surface area contributed by atoms with E-state index in [1.807, 2.05) is 28.9 Å². The third-order valence-electron chi connectivity index (χ3n) is 4.74. The number of amides is 2. The lowest BCUT2D eigenvalue weighted by molar-refractivity contribution is -0.120. The summed E-state index contributed by atoms with van der Waals surface area (Å²) in [6, 6.07) is 9.76. The molecule has 2 amide bonds. The summed E-state index contributed by atoms with van der Waals surface area (Å²) in [5.41, 5.74) is 0.804. The van der Waals surface area contributed by atoms with Crippen molar-refractivity contribution in [2.45, 2.75) is 30.7 Å². The van der Waals surface area contributed by atoms with Crippen LogP contribution in [0.25, 0.3) is 0 Å². The fourth-order valence-corrected chi connectivity index (χ4v) is 4.11. The summed E-state index contributed by atoms with van der Waals surface area (Å²) in [5, 5.41) is 7.26. The van der Waals surface area contributed by atoms with Crippen molar-refractivity contribution >= 4 is 35.1 Å². The summed E-state index contributed by atoms with van der Waals surface area (Å²) in [7, 11) is 0. The fraction of sp³-hybridized carbons (Fsp3) is 0.389. The van der Waals surface area contributed by atoms with Crippen molar-refractivity contribution in [3.05, 3.63) is 36.5 Å². The second-order valence-corrected chi connectivity index (χ2v) is 7.54. The first kappa shape index (κ1) is 16.2. The Bertz CT molecular complexity index is 815. The molecule has 0 bridgehead atoms. The molecule has 7 heteroatoms.